The normalized spacial score (nSPS) is 12.3. The first-order valence-corrected chi connectivity index (χ1v) is 3.53. The fraction of sp³-hybridized carbons (Fsp3) is 0.200. The van der Waals surface area contributed by atoms with Gasteiger partial charge >= 0.3 is 66.6 Å². The van der Waals surface area contributed by atoms with Gasteiger partial charge in [-0.05, 0) is 0 Å². The maximum absolute atomic E-state index is 6.98. The molecule has 1 aromatic rings. The number of nitrogens with one attached hydrogen (secondary N) is 1. The Morgan fingerprint density at radius 3 is 2.45 bits per heavy atom. The van der Waals surface area contributed by atoms with Crippen LogP contribution in [0.1, 0.15) is 11.6 Å². The van der Waals surface area contributed by atoms with Crippen LogP contribution in [0.3, 0.4) is 0 Å². The summed E-state index contributed by atoms with van der Waals surface area (Å²) in [6.07, 6.45) is 6.98. The van der Waals surface area contributed by atoms with E-state index in [0.29, 0.717) is 0 Å². The minimum atomic E-state index is -0.0730. The summed E-state index contributed by atoms with van der Waals surface area (Å²) in [6.45, 7) is 0. The maximum atomic E-state index is 6.98. The first kappa shape index (κ1) is 8.06. The molecule has 11 heavy (non-hydrogen) atoms. The molecule has 1 heteroatoms. The average Bonchev–Trinajstić information content (AvgIpc) is 2.09. The van der Waals surface area contributed by atoms with E-state index in [4.69, 9.17) is 6.42 Å². The van der Waals surface area contributed by atoms with Crippen LogP contribution in [0.4, 0.5) is 0 Å². The standard InChI is InChI=1S/C10H10N/c1-3-10(11-2)9-7-5-4-6-8-9/h4-8,10-11H,2H3/q+1. The molecule has 0 aromatic heterocycles. The van der Waals surface area contributed by atoms with Crippen molar-refractivity contribution in [2.24, 2.45) is 0 Å². The second kappa shape index (κ2) is 3.97. The third-order valence-electron chi connectivity index (χ3n) is 1.57. The number of hydrogen-bond donors (Lipinski definition) is 1. The Morgan fingerprint density at radius 1 is 1.36 bits per heavy atom. The third kappa shape index (κ3) is 1.94. The molecule has 1 unspecified atom stereocenters. The Labute approximate surface area is 67.4 Å². The molecule has 54 valence electrons. The van der Waals surface area contributed by atoms with Crippen LogP contribution < -0.4 is 5.32 Å². The Kier molecular flexibility index (Phi) is 2.91. The molecular weight excluding hydrogens is 134 g/mol. The van der Waals surface area contributed by atoms with E-state index in [9.17, 15) is 0 Å². The Bertz CT molecular complexity index is 245. The molecule has 0 aliphatic rings. The molecule has 1 N–H and O–H groups in total. The quantitative estimate of drug-likeness (QED) is 0.490. The van der Waals surface area contributed by atoms with E-state index < -0.39 is 0 Å². The van der Waals surface area contributed by atoms with Gasteiger partial charge in [0.05, 0.1) is 0 Å². The van der Waals surface area contributed by atoms with Gasteiger partial charge in [0.25, 0.3) is 0 Å². The molecule has 0 fully saturated rings. The topological polar surface area (TPSA) is 12.0 Å². The summed E-state index contributed by atoms with van der Waals surface area (Å²) in [5.41, 5.74) is 1.07. The van der Waals surface area contributed by atoms with Crippen molar-refractivity contribution in [3.05, 3.63) is 42.3 Å². The van der Waals surface area contributed by atoms with Gasteiger partial charge in [-0.1, -0.05) is 0 Å². The van der Waals surface area contributed by atoms with Crippen molar-refractivity contribution in [1.29, 1.82) is 0 Å². The molecular formula is C10H10N+. The SMILES string of the molecule is [C+]#CC(NC)c1ccccc1. The molecule has 1 nitrogen and oxygen atoms in total. The van der Waals surface area contributed by atoms with E-state index in [1.54, 1.807) is 0 Å². The number of benzene rings is 1. The van der Waals surface area contributed by atoms with Gasteiger partial charge in [-0.2, -0.15) is 0 Å². The van der Waals surface area contributed by atoms with E-state index >= 15 is 0 Å². The number of hydrogen-bond acceptors (Lipinski definition) is 1. The van der Waals surface area contributed by atoms with Crippen LogP contribution in [0.25, 0.3) is 0 Å². The fourth-order valence-electron chi connectivity index (χ4n) is 0.968. The number of rotatable bonds is 2. The van der Waals surface area contributed by atoms with E-state index in [2.05, 4.69) is 11.2 Å². The summed E-state index contributed by atoms with van der Waals surface area (Å²) in [5, 5.41) is 2.97. The first-order valence-electron chi connectivity index (χ1n) is 3.53. The van der Waals surface area contributed by atoms with Gasteiger partial charge in [-0.15, -0.1) is 0 Å². The first-order chi connectivity index (χ1) is 5.38. The summed E-state index contributed by atoms with van der Waals surface area (Å²) in [5.74, 6) is 2.41. The van der Waals surface area contributed by atoms with Gasteiger partial charge in [0.15, 0.2) is 0 Å². The fourth-order valence-corrected chi connectivity index (χ4v) is 0.968. The van der Waals surface area contributed by atoms with E-state index in [0.717, 1.165) is 5.56 Å². The Morgan fingerprint density at radius 2 is 2.00 bits per heavy atom. The molecule has 0 aliphatic carbocycles. The molecule has 0 amide bonds. The van der Waals surface area contributed by atoms with Gasteiger partial charge in [0.1, 0.15) is 0 Å². The third-order valence-corrected chi connectivity index (χ3v) is 1.57. The molecule has 0 heterocycles. The molecule has 0 saturated carbocycles. The van der Waals surface area contributed by atoms with Crippen LogP contribution in [0, 0.1) is 12.3 Å². The van der Waals surface area contributed by atoms with Gasteiger partial charge in [-0.25, -0.2) is 0 Å². The average molecular weight is 144 g/mol. The summed E-state index contributed by atoms with van der Waals surface area (Å²) < 4.78 is 0. The van der Waals surface area contributed by atoms with Crippen molar-refractivity contribution in [2.75, 3.05) is 7.05 Å². The molecule has 1 aromatic carbocycles. The zero-order chi connectivity index (χ0) is 8.10. The summed E-state index contributed by atoms with van der Waals surface area (Å²) in [7, 11) is 1.82. The Hall–Kier alpha value is -1.04. The van der Waals surface area contributed by atoms with Gasteiger partial charge in [-0.3, -0.25) is 0 Å². The molecule has 1 atom stereocenters. The van der Waals surface area contributed by atoms with Crippen LogP contribution in [0.2, 0.25) is 0 Å². The van der Waals surface area contributed by atoms with Crippen LogP contribution in [-0.2, 0) is 0 Å². The molecule has 0 spiro atoms. The van der Waals surface area contributed by atoms with Crippen LogP contribution in [0.15, 0.2) is 30.3 Å². The second-order valence-corrected chi connectivity index (χ2v) is 2.28. The molecule has 0 saturated heterocycles. The minimum absolute atomic E-state index is 0.0730. The summed E-state index contributed by atoms with van der Waals surface area (Å²) in [4.78, 5) is 0. The Balaban J connectivity index is 2.85. The summed E-state index contributed by atoms with van der Waals surface area (Å²) >= 11 is 0. The summed E-state index contributed by atoms with van der Waals surface area (Å²) in [6, 6.07) is 9.75. The molecule has 0 bridgehead atoms. The monoisotopic (exact) mass is 144 g/mol. The predicted octanol–water partition coefficient (Wildman–Crippen LogP) is 1.54. The zero-order valence-electron chi connectivity index (χ0n) is 6.46. The van der Waals surface area contributed by atoms with Crippen molar-refractivity contribution < 1.29 is 0 Å². The van der Waals surface area contributed by atoms with Crippen LogP contribution in [0.5, 0.6) is 0 Å². The van der Waals surface area contributed by atoms with Crippen LogP contribution in [-0.4, -0.2) is 7.05 Å². The van der Waals surface area contributed by atoms with Crippen molar-refractivity contribution in [3.63, 3.8) is 0 Å². The predicted molar refractivity (Wildman–Crippen MR) is 45.4 cm³/mol. The van der Waals surface area contributed by atoms with E-state index in [1.807, 2.05) is 37.4 Å². The second-order valence-electron chi connectivity index (χ2n) is 2.28. The van der Waals surface area contributed by atoms with Gasteiger partial charge < -0.3 is 0 Å². The van der Waals surface area contributed by atoms with Gasteiger partial charge in [0.2, 0.25) is 0 Å². The van der Waals surface area contributed by atoms with Crippen LogP contribution >= 0.6 is 0 Å². The molecule has 1 rings (SSSR count). The van der Waals surface area contributed by atoms with Gasteiger partial charge in [0, 0.05) is 0 Å². The zero-order valence-corrected chi connectivity index (χ0v) is 6.46. The van der Waals surface area contributed by atoms with E-state index in [-0.39, 0.29) is 6.04 Å². The van der Waals surface area contributed by atoms with Crippen molar-refractivity contribution in [1.82, 2.24) is 5.32 Å². The van der Waals surface area contributed by atoms with Crippen molar-refractivity contribution in [3.8, 4) is 5.92 Å². The molecule has 0 aliphatic heterocycles. The van der Waals surface area contributed by atoms with Crippen molar-refractivity contribution in [2.45, 2.75) is 6.04 Å². The molecule has 0 radical (unpaired) electrons. The van der Waals surface area contributed by atoms with E-state index in [1.165, 1.54) is 0 Å². The van der Waals surface area contributed by atoms with Crippen molar-refractivity contribution >= 4 is 0 Å².